The average Bonchev–Trinajstić information content (AvgIpc) is 2.58. The molecule has 0 bridgehead atoms. The first-order chi connectivity index (χ1) is 12.2. The van der Waals surface area contributed by atoms with E-state index in [0.717, 1.165) is 4.57 Å². The van der Waals surface area contributed by atoms with Gasteiger partial charge in [0.15, 0.2) is 0 Å². The number of carbonyl (C=O) groups excluding carboxylic acids is 1. The van der Waals surface area contributed by atoms with E-state index in [2.05, 4.69) is 4.74 Å². The van der Waals surface area contributed by atoms with E-state index in [-0.39, 0.29) is 12.0 Å². The highest BCUT2D eigenvalue weighted by molar-refractivity contribution is 5.89. The fourth-order valence-electron chi connectivity index (χ4n) is 2.58. The first-order valence-corrected chi connectivity index (χ1v) is 7.51. The van der Waals surface area contributed by atoms with Crippen molar-refractivity contribution in [1.82, 2.24) is 4.57 Å². The molecule has 0 aliphatic carbocycles. The molecule has 0 unspecified atom stereocenters. The Morgan fingerprint density at radius 1 is 1.27 bits per heavy atom. The second-order valence-electron chi connectivity index (χ2n) is 5.57. The Balaban J connectivity index is 2.46. The fourth-order valence-corrected chi connectivity index (χ4v) is 2.58. The summed E-state index contributed by atoms with van der Waals surface area (Å²) in [5.41, 5.74) is -0.157. The van der Waals surface area contributed by atoms with Crippen LogP contribution in [0.15, 0.2) is 35.1 Å². The minimum atomic E-state index is -1.27. The van der Waals surface area contributed by atoms with E-state index in [4.69, 9.17) is 5.11 Å². The lowest BCUT2D eigenvalue weighted by molar-refractivity contribution is -0.387. The lowest BCUT2D eigenvalue weighted by atomic mass is 10.0. The highest BCUT2D eigenvalue weighted by Gasteiger charge is 2.24. The van der Waals surface area contributed by atoms with Crippen LogP contribution in [0.25, 0.3) is 0 Å². The summed E-state index contributed by atoms with van der Waals surface area (Å²) in [4.78, 5) is 45.2. The van der Waals surface area contributed by atoms with Crippen LogP contribution in [0.4, 0.5) is 5.69 Å². The summed E-state index contributed by atoms with van der Waals surface area (Å²) in [6.45, 7) is 0.859. The number of carboxylic acids is 1. The summed E-state index contributed by atoms with van der Waals surface area (Å²) in [6, 6.07) is 7.68. The number of esters is 1. The zero-order valence-corrected chi connectivity index (χ0v) is 14.1. The zero-order chi connectivity index (χ0) is 19.4. The van der Waals surface area contributed by atoms with E-state index in [9.17, 15) is 24.5 Å². The first kappa shape index (κ1) is 18.8. The molecule has 0 aliphatic heterocycles. The third kappa shape index (κ3) is 3.94. The Hall–Kier alpha value is -3.49. The maximum absolute atomic E-state index is 12.4. The van der Waals surface area contributed by atoms with Crippen molar-refractivity contribution >= 4 is 17.6 Å². The summed E-state index contributed by atoms with van der Waals surface area (Å²) < 4.78 is 5.45. The number of ether oxygens (including phenoxy) is 1. The molecular formula is C17H16N2O7. The van der Waals surface area contributed by atoms with Crippen LogP contribution in [0.1, 0.15) is 27.2 Å². The number of nitrogens with zero attached hydrogens (tertiary/aromatic N) is 2. The van der Waals surface area contributed by atoms with Crippen molar-refractivity contribution in [2.24, 2.45) is 0 Å². The summed E-state index contributed by atoms with van der Waals surface area (Å²) in [7, 11) is 1.26. The summed E-state index contributed by atoms with van der Waals surface area (Å²) in [5, 5.41) is 20.2. The van der Waals surface area contributed by atoms with Gasteiger partial charge in [0.25, 0.3) is 0 Å². The van der Waals surface area contributed by atoms with Gasteiger partial charge in [0.2, 0.25) is 0 Å². The van der Waals surface area contributed by atoms with Crippen molar-refractivity contribution in [3.63, 3.8) is 0 Å². The molecule has 9 heteroatoms. The quantitative estimate of drug-likeness (QED) is 0.470. The largest absolute Gasteiger partial charge is 0.480 e. The molecular weight excluding hydrogens is 344 g/mol. The summed E-state index contributed by atoms with van der Waals surface area (Å²) in [6.07, 6.45) is 0.0851. The van der Waals surface area contributed by atoms with Gasteiger partial charge in [0.05, 0.1) is 17.6 Å². The number of hydrogen-bond acceptors (Lipinski definition) is 6. The van der Waals surface area contributed by atoms with E-state index in [1.807, 2.05) is 0 Å². The van der Waals surface area contributed by atoms with Crippen molar-refractivity contribution in [2.75, 3.05) is 7.11 Å². The van der Waals surface area contributed by atoms with E-state index in [1.165, 1.54) is 32.2 Å². The lowest BCUT2D eigenvalue weighted by Gasteiger charge is -2.11. The highest BCUT2D eigenvalue weighted by atomic mass is 16.6. The van der Waals surface area contributed by atoms with E-state index in [1.54, 1.807) is 12.1 Å². The molecule has 2 rings (SSSR count). The van der Waals surface area contributed by atoms with Crippen molar-refractivity contribution in [3.8, 4) is 0 Å². The molecule has 0 radical (unpaired) electrons. The second kappa shape index (κ2) is 7.60. The molecule has 1 N–H and O–H groups in total. The minimum Gasteiger partial charge on any atom is -0.480 e. The maximum atomic E-state index is 12.4. The molecule has 0 aliphatic rings. The Labute approximate surface area is 147 Å². The molecule has 2 aromatic rings. The van der Waals surface area contributed by atoms with Crippen LogP contribution in [-0.4, -0.2) is 33.6 Å². The third-order valence-electron chi connectivity index (χ3n) is 3.81. The van der Waals surface area contributed by atoms with Crippen molar-refractivity contribution < 1.29 is 24.4 Å². The Bertz CT molecular complexity index is 929. The summed E-state index contributed by atoms with van der Waals surface area (Å²) >= 11 is 0. The number of nitro groups is 1. The molecule has 0 spiro atoms. The van der Waals surface area contributed by atoms with Crippen LogP contribution in [0.5, 0.6) is 0 Å². The molecule has 1 heterocycles. The van der Waals surface area contributed by atoms with Crippen LogP contribution in [0, 0.1) is 17.0 Å². The van der Waals surface area contributed by atoms with Crippen LogP contribution in [0.3, 0.4) is 0 Å². The molecule has 136 valence electrons. The number of pyridine rings is 1. The first-order valence-electron chi connectivity index (χ1n) is 7.51. The normalized spacial score (nSPS) is 10.4. The monoisotopic (exact) mass is 360 g/mol. The van der Waals surface area contributed by atoms with Gasteiger partial charge in [0, 0.05) is 17.7 Å². The number of hydrogen-bond donors (Lipinski definition) is 1. The Kier molecular flexibility index (Phi) is 5.51. The molecule has 0 fully saturated rings. The van der Waals surface area contributed by atoms with Gasteiger partial charge in [-0.15, -0.1) is 0 Å². The topological polar surface area (TPSA) is 129 Å². The average molecular weight is 360 g/mol. The van der Waals surface area contributed by atoms with Gasteiger partial charge in [-0.05, 0) is 30.7 Å². The Morgan fingerprint density at radius 3 is 2.38 bits per heavy atom. The molecule has 0 amide bonds. The van der Waals surface area contributed by atoms with Crippen LogP contribution >= 0.6 is 0 Å². The van der Waals surface area contributed by atoms with Gasteiger partial charge in [-0.3, -0.25) is 24.3 Å². The van der Waals surface area contributed by atoms with Crippen LogP contribution in [-0.2, 0) is 22.5 Å². The Morgan fingerprint density at radius 2 is 1.88 bits per heavy atom. The van der Waals surface area contributed by atoms with Gasteiger partial charge in [-0.2, -0.15) is 0 Å². The van der Waals surface area contributed by atoms with Gasteiger partial charge in [-0.25, -0.2) is 4.79 Å². The van der Waals surface area contributed by atoms with E-state index >= 15 is 0 Å². The molecule has 9 nitrogen and oxygen atoms in total. The SMILES string of the molecule is COC(=O)c1ccc(Cc2cc(C)n(CC(=O)O)c(=O)c2[N+](=O)[O-])cc1. The number of benzene rings is 1. The third-order valence-corrected chi connectivity index (χ3v) is 3.81. The van der Waals surface area contributed by atoms with Crippen LogP contribution in [0.2, 0.25) is 0 Å². The van der Waals surface area contributed by atoms with Gasteiger partial charge in [-0.1, -0.05) is 12.1 Å². The van der Waals surface area contributed by atoms with Crippen molar-refractivity contribution in [2.45, 2.75) is 19.9 Å². The van der Waals surface area contributed by atoms with E-state index < -0.39 is 34.7 Å². The zero-order valence-electron chi connectivity index (χ0n) is 14.1. The second-order valence-corrected chi connectivity index (χ2v) is 5.57. The summed E-state index contributed by atoms with van der Waals surface area (Å²) in [5.74, 6) is -1.77. The van der Waals surface area contributed by atoms with Crippen molar-refractivity contribution in [1.29, 1.82) is 0 Å². The predicted octanol–water partition coefficient (Wildman–Crippen LogP) is 1.53. The smallest absolute Gasteiger partial charge is 0.337 e. The highest BCUT2D eigenvalue weighted by Crippen LogP contribution is 2.20. The number of rotatable bonds is 6. The van der Waals surface area contributed by atoms with Gasteiger partial charge >= 0.3 is 23.2 Å². The molecule has 26 heavy (non-hydrogen) atoms. The van der Waals surface area contributed by atoms with Crippen molar-refractivity contribution in [3.05, 3.63) is 73.2 Å². The van der Waals surface area contributed by atoms with Crippen LogP contribution < -0.4 is 5.56 Å². The molecule has 1 aromatic carbocycles. The maximum Gasteiger partial charge on any atom is 0.337 e. The standard InChI is InChI=1S/C17H16N2O7/c1-10-7-13(8-11-3-5-12(6-4-11)17(23)26-2)15(19(24)25)16(22)18(10)9-14(20)21/h3-7H,8-9H2,1-2H3,(H,20,21). The predicted molar refractivity (Wildman–Crippen MR) is 90.3 cm³/mol. The lowest BCUT2D eigenvalue weighted by Crippen LogP contribution is -2.29. The van der Waals surface area contributed by atoms with Gasteiger partial charge in [0.1, 0.15) is 6.54 Å². The number of carbonyl (C=O) groups is 2. The number of methoxy groups -OCH3 is 1. The number of aromatic nitrogens is 1. The molecule has 1 aromatic heterocycles. The number of aliphatic carboxylic acids is 1. The number of aryl methyl sites for hydroxylation is 1. The molecule has 0 atom stereocenters. The molecule has 0 saturated carbocycles. The van der Waals surface area contributed by atoms with Gasteiger partial charge < -0.3 is 9.84 Å². The number of carboxylic acid groups (broad SMARTS) is 1. The molecule has 0 saturated heterocycles. The minimum absolute atomic E-state index is 0.0851. The van der Waals surface area contributed by atoms with E-state index in [0.29, 0.717) is 16.8 Å². The fraction of sp³-hybridized carbons (Fsp3) is 0.235.